The molecule has 7 heteroatoms. The molecule has 1 N–H and O–H groups in total. The quantitative estimate of drug-likeness (QED) is 0.509. The minimum Gasteiger partial charge on any atom is -0.426 e. The molecule has 0 fully saturated rings. The molecule has 0 radical (unpaired) electrons. The summed E-state index contributed by atoms with van der Waals surface area (Å²) < 4.78 is 5.13. The Morgan fingerprint density at radius 1 is 1.03 bits per heavy atom. The van der Waals surface area contributed by atoms with Crippen molar-refractivity contribution in [3.63, 3.8) is 0 Å². The number of nitrogens with one attached hydrogen (secondary N) is 1. The summed E-state index contributed by atoms with van der Waals surface area (Å²) in [7, 11) is 0. The van der Waals surface area contributed by atoms with Crippen molar-refractivity contribution in [1.29, 1.82) is 0 Å². The van der Waals surface area contributed by atoms with Crippen molar-refractivity contribution in [2.75, 3.05) is 11.9 Å². The molecule has 0 spiro atoms. The Bertz CT molecular complexity index is 1110. The normalized spacial score (nSPS) is 12.8. The fraction of sp³-hybridized carbons (Fsp3) is 0.174. The van der Waals surface area contributed by atoms with Crippen LogP contribution in [0.5, 0.6) is 5.75 Å². The molecule has 4 rings (SSSR count). The molecular weight excluding hydrogens is 400 g/mol. The Labute approximate surface area is 178 Å². The predicted octanol–water partition coefficient (Wildman–Crippen LogP) is 4.12. The molecule has 1 aromatic heterocycles. The number of esters is 1. The van der Waals surface area contributed by atoms with E-state index in [0.717, 1.165) is 16.9 Å². The van der Waals surface area contributed by atoms with E-state index in [1.165, 1.54) is 23.8 Å². The Morgan fingerprint density at radius 3 is 2.63 bits per heavy atom. The van der Waals surface area contributed by atoms with Crippen molar-refractivity contribution in [2.45, 2.75) is 19.9 Å². The van der Waals surface area contributed by atoms with Crippen molar-refractivity contribution in [3.05, 3.63) is 81.5 Å². The van der Waals surface area contributed by atoms with Crippen LogP contribution in [0.2, 0.25) is 0 Å². The van der Waals surface area contributed by atoms with Gasteiger partial charge in [0.05, 0.1) is 10.4 Å². The fourth-order valence-electron chi connectivity index (χ4n) is 3.46. The van der Waals surface area contributed by atoms with Crippen LogP contribution >= 0.6 is 11.3 Å². The van der Waals surface area contributed by atoms with E-state index in [9.17, 15) is 14.4 Å². The number of ether oxygens (including phenoxy) is 1. The molecule has 152 valence electrons. The zero-order valence-corrected chi connectivity index (χ0v) is 17.2. The highest BCUT2D eigenvalue weighted by Crippen LogP contribution is 2.26. The molecule has 0 bridgehead atoms. The first-order valence-electron chi connectivity index (χ1n) is 9.54. The van der Waals surface area contributed by atoms with Crippen LogP contribution in [-0.4, -0.2) is 29.2 Å². The summed E-state index contributed by atoms with van der Waals surface area (Å²) in [6.45, 7) is 2.46. The third kappa shape index (κ3) is 4.26. The number of amides is 2. The number of benzene rings is 2. The average molecular weight is 420 g/mol. The van der Waals surface area contributed by atoms with Crippen LogP contribution in [0.25, 0.3) is 0 Å². The van der Waals surface area contributed by atoms with E-state index in [4.69, 9.17) is 4.74 Å². The van der Waals surface area contributed by atoms with E-state index in [-0.39, 0.29) is 23.1 Å². The molecule has 2 heterocycles. The van der Waals surface area contributed by atoms with Gasteiger partial charge < -0.3 is 15.0 Å². The maximum absolute atomic E-state index is 12.7. The van der Waals surface area contributed by atoms with Crippen LogP contribution in [-0.2, 0) is 17.8 Å². The number of para-hydroxylation sites is 1. The van der Waals surface area contributed by atoms with Gasteiger partial charge in [-0.2, -0.15) is 0 Å². The molecule has 6 nitrogen and oxygen atoms in total. The van der Waals surface area contributed by atoms with Crippen molar-refractivity contribution >= 4 is 34.8 Å². The number of nitrogens with zero attached hydrogens (tertiary/aromatic N) is 1. The highest BCUT2D eigenvalue weighted by molar-refractivity contribution is 7.12. The van der Waals surface area contributed by atoms with Gasteiger partial charge in [-0.15, -0.1) is 11.3 Å². The second-order valence-corrected chi connectivity index (χ2v) is 7.93. The van der Waals surface area contributed by atoms with Crippen molar-refractivity contribution in [1.82, 2.24) is 4.90 Å². The first-order chi connectivity index (χ1) is 14.5. The Hall–Kier alpha value is -3.45. The van der Waals surface area contributed by atoms with Gasteiger partial charge in [0, 0.05) is 25.7 Å². The van der Waals surface area contributed by atoms with E-state index in [1.807, 2.05) is 40.6 Å². The molecule has 3 aromatic rings. The van der Waals surface area contributed by atoms with Gasteiger partial charge in [-0.1, -0.05) is 24.3 Å². The van der Waals surface area contributed by atoms with Gasteiger partial charge in [0.1, 0.15) is 5.75 Å². The minimum atomic E-state index is -0.487. The zero-order valence-electron chi connectivity index (χ0n) is 16.4. The van der Waals surface area contributed by atoms with E-state index >= 15 is 0 Å². The summed E-state index contributed by atoms with van der Waals surface area (Å²) in [6.07, 6.45) is 0.774. The molecule has 0 saturated carbocycles. The number of hydrogen-bond donors (Lipinski definition) is 1. The van der Waals surface area contributed by atoms with E-state index in [1.54, 1.807) is 24.3 Å². The zero-order chi connectivity index (χ0) is 21.1. The summed E-state index contributed by atoms with van der Waals surface area (Å²) in [5.41, 5.74) is 3.09. The molecule has 1 aliphatic heterocycles. The number of thiophene rings is 1. The predicted molar refractivity (Wildman–Crippen MR) is 115 cm³/mol. The van der Waals surface area contributed by atoms with E-state index in [2.05, 4.69) is 5.32 Å². The summed E-state index contributed by atoms with van der Waals surface area (Å²) in [6, 6.07) is 16.0. The van der Waals surface area contributed by atoms with Crippen LogP contribution in [0.1, 0.15) is 38.1 Å². The summed E-state index contributed by atoms with van der Waals surface area (Å²) >= 11 is 1.44. The number of rotatable bonds is 4. The molecule has 0 aliphatic carbocycles. The van der Waals surface area contributed by atoms with Gasteiger partial charge in [0.25, 0.3) is 11.8 Å². The van der Waals surface area contributed by atoms with Crippen LogP contribution in [0.3, 0.4) is 0 Å². The Kier molecular flexibility index (Phi) is 5.63. The number of anilines is 1. The highest BCUT2D eigenvalue weighted by atomic mass is 32.1. The van der Waals surface area contributed by atoms with Gasteiger partial charge in [-0.25, -0.2) is 0 Å². The van der Waals surface area contributed by atoms with Gasteiger partial charge >= 0.3 is 5.97 Å². The Balaban J connectivity index is 1.51. The lowest BCUT2D eigenvalue weighted by atomic mass is 9.98. The topological polar surface area (TPSA) is 75.7 Å². The van der Waals surface area contributed by atoms with Crippen LogP contribution < -0.4 is 10.1 Å². The second-order valence-electron chi connectivity index (χ2n) is 6.98. The van der Waals surface area contributed by atoms with Crippen LogP contribution in [0.15, 0.2) is 60.0 Å². The van der Waals surface area contributed by atoms with Gasteiger partial charge in [-0.05, 0) is 53.3 Å². The fourth-order valence-corrected chi connectivity index (χ4v) is 4.15. The first-order valence-corrected chi connectivity index (χ1v) is 10.4. The van der Waals surface area contributed by atoms with Crippen molar-refractivity contribution < 1.29 is 19.1 Å². The summed E-state index contributed by atoms with van der Waals surface area (Å²) in [5, 5.41) is 4.76. The molecular formula is C23H20N2O4S. The molecule has 2 amide bonds. The molecule has 1 aliphatic rings. The lowest BCUT2D eigenvalue weighted by Crippen LogP contribution is -2.35. The molecule has 0 atom stereocenters. The molecule has 30 heavy (non-hydrogen) atoms. The minimum absolute atomic E-state index is 0.0281. The van der Waals surface area contributed by atoms with Crippen molar-refractivity contribution in [3.8, 4) is 5.75 Å². The maximum atomic E-state index is 12.7. The van der Waals surface area contributed by atoms with Crippen molar-refractivity contribution in [2.24, 2.45) is 0 Å². The molecule has 0 unspecified atom stereocenters. The average Bonchev–Trinajstić information content (AvgIpc) is 3.27. The number of carbonyl (C=O) groups excluding carboxylic acids is 3. The van der Waals surface area contributed by atoms with Crippen LogP contribution in [0, 0.1) is 0 Å². The van der Waals surface area contributed by atoms with Gasteiger partial charge in [0.2, 0.25) is 0 Å². The maximum Gasteiger partial charge on any atom is 0.308 e. The monoisotopic (exact) mass is 420 g/mol. The lowest BCUT2D eigenvalue weighted by molar-refractivity contribution is -0.131. The third-order valence-electron chi connectivity index (χ3n) is 4.88. The van der Waals surface area contributed by atoms with E-state index in [0.29, 0.717) is 18.8 Å². The largest absolute Gasteiger partial charge is 0.426 e. The number of fused-ring (bicyclic) bond motifs is 1. The highest BCUT2D eigenvalue weighted by Gasteiger charge is 2.23. The standard InChI is InChI=1S/C23H20N2O4S/c1-15(26)29-20-6-3-2-5-19(20)22(27)24-18-9-8-16-10-11-25(14-17(16)13-18)23(28)21-7-4-12-30-21/h2-9,12-13H,10-11,14H2,1H3,(H,24,27). The number of carbonyl (C=O) groups is 3. The second kappa shape index (κ2) is 8.51. The smallest absolute Gasteiger partial charge is 0.308 e. The first kappa shape index (κ1) is 19.8. The third-order valence-corrected chi connectivity index (χ3v) is 5.74. The van der Waals surface area contributed by atoms with Crippen LogP contribution in [0.4, 0.5) is 5.69 Å². The Morgan fingerprint density at radius 2 is 1.87 bits per heavy atom. The summed E-state index contributed by atoms with van der Waals surface area (Å²) in [5.74, 6) is -0.609. The van der Waals surface area contributed by atoms with Gasteiger partial charge in [-0.3, -0.25) is 14.4 Å². The van der Waals surface area contributed by atoms with E-state index < -0.39 is 5.97 Å². The molecule has 0 saturated heterocycles. The number of hydrogen-bond acceptors (Lipinski definition) is 5. The van der Waals surface area contributed by atoms with Gasteiger partial charge in [0.15, 0.2) is 0 Å². The summed E-state index contributed by atoms with van der Waals surface area (Å²) in [4.78, 5) is 39.3. The molecule has 2 aromatic carbocycles. The lowest BCUT2D eigenvalue weighted by Gasteiger charge is -2.29. The SMILES string of the molecule is CC(=O)Oc1ccccc1C(=O)Nc1ccc2c(c1)CN(C(=O)c1cccs1)CC2.